The average Bonchev–Trinajstić information content (AvgIpc) is 2.19. The lowest BCUT2D eigenvalue weighted by molar-refractivity contribution is 0.300. The van der Waals surface area contributed by atoms with E-state index in [4.69, 9.17) is 5.73 Å². The number of rotatable bonds is 4. The molecule has 0 unspecified atom stereocenters. The van der Waals surface area contributed by atoms with Crippen molar-refractivity contribution in [2.75, 3.05) is 13.6 Å². The molecule has 0 radical (unpaired) electrons. The minimum absolute atomic E-state index is 0.659. The van der Waals surface area contributed by atoms with Gasteiger partial charge >= 0.3 is 0 Å². The lowest BCUT2D eigenvalue weighted by Gasteiger charge is -2.28. The molecule has 0 aromatic rings. The summed E-state index contributed by atoms with van der Waals surface area (Å²) >= 11 is 0. The van der Waals surface area contributed by atoms with Crippen LogP contribution >= 0.6 is 0 Å². The molecule has 1 aliphatic rings. The van der Waals surface area contributed by atoms with Crippen molar-refractivity contribution >= 4 is 0 Å². The van der Waals surface area contributed by atoms with Crippen molar-refractivity contribution in [2.24, 2.45) is 11.7 Å². The minimum Gasteiger partial charge on any atom is -0.327 e. The molecule has 0 saturated heterocycles. The summed E-state index contributed by atoms with van der Waals surface area (Å²) in [4.78, 5) is 0. The summed E-state index contributed by atoms with van der Waals surface area (Å²) in [6, 6.07) is 0.752. The van der Waals surface area contributed by atoms with Crippen LogP contribution in [0.2, 0.25) is 0 Å². The molecule has 3 N–H and O–H groups in total. The van der Waals surface area contributed by atoms with E-state index in [1.165, 1.54) is 31.3 Å². The van der Waals surface area contributed by atoms with Crippen LogP contribution in [0.25, 0.3) is 0 Å². The Bertz CT molecular complexity index is 157. The van der Waals surface area contributed by atoms with Crippen molar-refractivity contribution in [3.05, 3.63) is 12.2 Å². The zero-order chi connectivity index (χ0) is 9.68. The van der Waals surface area contributed by atoms with Gasteiger partial charge in [-0.15, -0.1) is 0 Å². The third-order valence-corrected chi connectivity index (χ3v) is 3.12. The second kappa shape index (κ2) is 5.40. The predicted molar refractivity (Wildman–Crippen MR) is 57.6 cm³/mol. The Hall–Kier alpha value is -0.340. The zero-order valence-corrected chi connectivity index (χ0v) is 8.68. The highest BCUT2D eigenvalue weighted by molar-refractivity contribution is 4.98. The average molecular weight is 182 g/mol. The van der Waals surface area contributed by atoms with Gasteiger partial charge in [-0.05, 0) is 45.1 Å². The Balaban J connectivity index is 2.21. The van der Waals surface area contributed by atoms with Gasteiger partial charge in [0.2, 0.25) is 0 Å². The highest BCUT2D eigenvalue weighted by Crippen LogP contribution is 2.28. The molecule has 0 spiro atoms. The van der Waals surface area contributed by atoms with Crippen LogP contribution in [0.4, 0.5) is 0 Å². The Morgan fingerprint density at radius 2 is 2.00 bits per heavy atom. The van der Waals surface area contributed by atoms with E-state index in [9.17, 15) is 0 Å². The van der Waals surface area contributed by atoms with E-state index in [1.807, 2.05) is 0 Å². The lowest BCUT2D eigenvalue weighted by atomic mass is 9.82. The topological polar surface area (TPSA) is 38.0 Å². The maximum Gasteiger partial charge on any atom is 0.0134 e. The molecule has 2 nitrogen and oxygen atoms in total. The standard InChI is InChI=1S/C11H22N2/c1-9(8-12)7-10-3-5-11(13-2)6-4-10/h10-11,13H,1,3-8,12H2,2H3. The number of hydrogen-bond acceptors (Lipinski definition) is 2. The van der Waals surface area contributed by atoms with Crippen molar-refractivity contribution in [3.63, 3.8) is 0 Å². The highest BCUT2D eigenvalue weighted by atomic mass is 14.9. The summed E-state index contributed by atoms with van der Waals surface area (Å²) in [6.07, 6.45) is 6.46. The number of nitrogens with one attached hydrogen (secondary N) is 1. The van der Waals surface area contributed by atoms with E-state index < -0.39 is 0 Å². The molecular weight excluding hydrogens is 160 g/mol. The SMILES string of the molecule is C=C(CN)CC1CCC(NC)CC1. The summed E-state index contributed by atoms with van der Waals surface area (Å²) in [5.74, 6) is 0.848. The molecule has 0 aliphatic heterocycles. The van der Waals surface area contributed by atoms with Gasteiger partial charge < -0.3 is 11.1 Å². The molecule has 13 heavy (non-hydrogen) atoms. The fraction of sp³-hybridized carbons (Fsp3) is 0.818. The Kier molecular flexibility index (Phi) is 4.46. The van der Waals surface area contributed by atoms with E-state index in [1.54, 1.807) is 0 Å². The largest absolute Gasteiger partial charge is 0.327 e. The molecule has 1 rings (SSSR count). The van der Waals surface area contributed by atoms with Gasteiger partial charge in [0, 0.05) is 12.6 Å². The van der Waals surface area contributed by atoms with Gasteiger partial charge in [-0.1, -0.05) is 12.2 Å². The van der Waals surface area contributed by atoms with E-state index in [0.717, 1.165) is 18.4 Å². The summed E-state index contributed by atoms with van der Waals surface area (Å²) in [7, 11) is 2.06. The van der Waals surface area contributed by atoms with E-state index in [2.05, 4.69) is 18.9 Å². The van der Waals surface area contributed by atoms with Crippen molar-refractivity contribution < 1.29 is 0 Å². The van der Waals surface area contributed by atoms with Gasteiger partial charge in [0.15, 0.2) is 0 Å². The molecule has 0 amide bonds. The molecule has 0 aromatic heterocycles. The van der Waals surface area contributed by atoms with Crippen LogP contribution in [0.3, 0.4) is 0 Å². The normalized spacial score (nSPS) is 28.8. The fourth-order valence-corrected chi connectivity index (χ4v) is 2.15. The summed E-state index contributed by atoms with van der Waals surface area (Å²) in [5.41, 5.74) is 6.75. The van der Waals surface area contributed by atoms with Crippen LogP contribution in [-0.4, -0.2) is 19.6 Å². The monoisotopic (exact) mass is 182 g/mol. The first-order valence-corrected chi connectivity index (χ1v) is 5.30. The predicted octanol–water partition coefficient (Wildman–Crippen LogP) is 1.67. The van der Waals surface area contributed by atoms with Gasteiger partial charge in [0.25, 0.3) is 0 Å². The molecule has 0 atom stereocenters. The molecule has 1 fully saturated rings. The number of hydrogen-bond donors (Lipinski definition) is 2. The van der Waals surface area contributed by atoms with Gasteiger partial charge in [0.05, 0.1) is 0 Å². The minimum atomic E-state index is 0.659. The summed E-state index contributed by atoms with van der Waals surface area (Å²) in [5, 5.41) is 3.34. The molecule has 76 valence electrons. The van der Waals surface area contributed by atoms with Gasteiger partial charge in [-0.2, -0.15) is 0 Å². The fourth-order valence-electron chi connectivity index (χ4n) is 2.15. The Morgan fingerprint density at radius 1 is 1.38 bits per heavy atom. The lowest BCUT2D eigenvalue weighted by Crippen LogP contribution is -2.30. The molecular formula is C11H22N2. The summed E-state index contributed by atoms with van der Waals surface area (Å²) < 4.78 is 0. The maximum absolute atomic E-state index is 5.53. The van der Waals surface area contributed by atoms with E-state index in [0.29, 0.717) is 6.54 Å². The van der Waals surface area contributed by atoms with E-state index in [-0.39, 0.29) is 0 Å². The quantitative estimate of drug-likeness (QED) is 0.649. The van der Waals surface area contributed by atoms with Gasteiger partial charge in [0.1, 0.15) is 0 Å². The first kappa shape index (κ1) is 10.7. The summed E-state index contributed by atoms with van der Waals surface area (Å²) in [6.45, 7) is 4.62. The van der Waals surface area contributed by atoms with E-state index >= 15 is 0 Å². The second-order valence-corrected chi connectivity index (χ2v) is 4.16. The van der Waals surface area contributed by atoms with Gasteiger partial charge in [-0.25, -0.2) is 0 Å². The van der Waals surface area contributed by atoms with Crippen LogP contribution in [0, 0.1) is 5.92 Å². The molecule has 2 heteroatoms. The molecule has 0 aromatic carbocycles. The van der Waals surface area contributed by atoms with Crippen LogP contribution < -0.4 is 11.1 Å². The van der Waals surface area contributed by atoms with Crippen LogP contribution in [-0.2, 0) is 0 Å². The van der Waals surface area contributed by atoms with Crippen LogP contribution in [0.15, 0.2) is 12.2 Å². The smallest absolute Gasteiger partial charge is 0.0134 e. The third kappa shape index (κ3) is 3.49. The van der Waals surface area contributed by atoms with Crippen LogP contribution in [0.1, 0.15) is 32.1 Å². The van der Waals surface area contributed by atoms with Crippen LogP contribution in [0.5, 0.6) is 0 Å². The molecule has 0 heterocycles. The number of nitrogens with two attached hydrogens (primary N) is 1. The van der Waals surface area contributed by atoms with Crippen molar-refractivity contribution in [1.82, 2.24) is 5.32 Å². The molecule has 0 bridgehead atoms. The first-order chi connectivity index (χ1) is 6.26. The highest BCUT2D eigenvalue weighted by Gasteiger charge is 2.19. The Labute approximate surface area is 81.6 Å². The first-order valence-electron chi connectivity index (χ1n) is 5.30. The second-order valence-electron chi connectivity index (χ2n) is 4.16. The van der Waals surface area contributed by atoms with Crippen molar-refractivity contribution in [2.45, 2.75) is 38.1 Å². The molecule has 1 aliphatic carbocycles. The zero-order valence-electron chi connectivity index (χ0n) is 8.68. The Morgan fingerprint density at radius 3 is 2.46 bits per heavy atom. The maximum atomic E-state index is 5.53. The van der Waals surface area contributed by atoms with Crippen molar-refractivity contribution in [1.29, 1.82) is 0 Å². The van der Waals surface area contributed by atoms with Gasteiger partial charge in [-0.3, -0.25) is 0 Å². The third-order valence-electron chi connectivity index (χ3n) is 3.12. The van der Waals surface area contributed by atoms with Crippen molar-refractivity contribution in [3.8, 4) is 0 Å². The molecule has 1 saturated carbocycles.